The van der Waals surface area contributed by atoms with Gasteiger partial charge >= 0.3 is 0 Å². The number of nitrogens with zero attached hydrogens (tertiary/aromatic N) is 1. The van der Waals surface area contributed by atoms with Crippen LogP contribution in [-0.2, 0) is 14.3 Å². The molecule has 0 bridgehead atoms. The van der Waals surface area contributed by atoms with Crippen molar-refractivity contribution in [3.8, 4) is 0 Å². The SMILES string of the molecule is COCCCN(CCCC(C)=O)CCOC. The molecule has 0 aliphatic heterocycles. The average Bonchev–Trinajstić information content (AvgIpc) is 2.25. The molecule has 0 spiro atoms. The lowest BCUT2D eigenvalue weighted by molar-refractivity contribution is -0.117. The Morgan fingerprint density at radius 3 is 2.19 bits per heavy atom. The molecule has 0 atom stereocenters. The third kappa shape index (κ3) is 10.1. The quantitative estimate of drug-likeness (QED) is 0.503. The summed E-state index contributed by atoms with van der Waals surface area (Å²) >= 11 is 0. The fourth-order valence-corrected chi connectivity index (χ4v) is 1.54. The molecule has 0 fully saturated rings. The van der Waals surface area contributed by atoms with Gasteiger partial charge in [0, 0.05) is 40.3 Å². The molecule has 0 aromatic carbocycles. The predicted octanol–water partition coefficient (Wildman–Crippen LogP) is 1.34. The van der Waals surface area contributed by atoms with Crippen molar-refractivity contribution in [3.05, 3.63) is 0 Å². The van der Waals surface area contributed by atoms with Crippen LogP contribution >= 0.6 is 0 Å². The van der Waals surface area contributed by atoms with Gasteiger partial charge in [0.05, 0.1) is 6.61 Å². The molecule has 4 nitrogen and oxygen atoms in total. The maximum Gasteiger partial charge on any atom is 0.129 e. The highest BCUT2D eigenvalue weighted by molar-refractivity contribution is 5.75. The lowest BCUT2D eigenvalue weighted by Crippen LogP contribution is -2.30. The zero-order valence-corrected chi connectivity index (χ0v) is 10.8. The minimum absolute atomic E-state index is 0.267. The summed E-state index contributed by atoms with van der Waals surface area (Å²) in [5.41, 5.74) is 0. The molecule has 0 rings (SSSR count). The predicted molar refractivity (Wildman–Crippen MR) is 64.7 cm³/mol. The maximum absolute atomic E-state index is 10.8. The van der Waals surface area contributed by atoms with E-state index in [2.05, 4.69) is 4.90 Å². The molecule has 0 aromatic rings. The van der Waals surface area contributed by atoms with Crippen LogP contribution in [0.2, 0.25) is 0 Å². The summed E-state index contributed by atoms with van der Waals surface area (Å²) in [7, 11) is 3.43. The molecule has 4 heteroatoms. The molecule has 0 aliphatic rings. The van der Waals surface area contributed by atoms with Gasteiger partial charge in [-0.3, -0.25) is 0 Å². The molecule has 16 heavy (non-hydrogen) atoms. The number of carbonyl (C=O) groups excluding carboxylic acids is 1. The van der Waals surface area contributed by atoms with Gasteiger partial charge in [0.15, 0.2) is 0 Å². The lowest BCUT2D eigenvalue weighted by atomic mass is 10.2. The van der Waals surface area contributed by atoms with Crippen LogP contribution < -0.4 is 0 Å². The highest BCUT2D eigenvalue weighted by Gasteiger charge is 2.04. The van der Waals surface area contributed by atoms with E-state index in [1.165, 1.54) is 0 Å². The van der Waals surface area contributed by atoms with Crippen molar-refractivity contribution in [1.82, 2.24) is 4.90 Å². The van der Waals surface area contributed by atoms with Gasteiger partial charge in [-0.2, -0.15) is 0 Å². The van der Waals surface area contributed by atoms with E-state index in [1.54, 1.807) is 21.1 Å². The van der Waals surface area contributed by atoms with E-state index in [-0.39, 0.29) is 5.78 Å². The van der Waals surface area contributed by atoms with E-state index < -0.39 is 0 Å². The topological polar surface area (TPSA) is 38.8 Å². The van der Waals surface area contributed by atoms with Crippen LogP contribution in [0.25, 0.3) is 0 Å². The second-order valence-corrected chi connectivity index (χ2v) is 3.99. The number of ether oxygens (including phenoxy) is 2. The Bertz CT molecular complexity index is 174. The fraction of sp³-hybridized carbons (Fsp3) is 0.917. The third-order valence-corrected chi connectivity index (χ3v) is 2.44. The van der Waals surface area contributed by atoms with Gasteiger partial charge in [-0.15, -0.1) is 0 Å². The highest BCUT2D eigenvalue weighted by atomic mass is 16.5. The second kappa shape index (κ2) is 11.0. The number of hydrogen-bond acceptors (Lipinski definition) is 4. The van der Waals surface area contributed by atoms with Crippen LogP contribution in [0.3, 0.4) is 0 Å². The second-order valence-electron chi connectivity index (χ2n) is 3.99. The van der Waals surface area contributed by atoms with E-state index in [1.807, 2.05) is 0 Å². The van der Waals surface area contributed by atoms with Gasteiger partial charge in [0.2, 0.25) is 0 Å². The van der Waals surface area contributed by atoms with Crippen molar-refractivity contribution in [1.29, 1.82) is 0 Å². The number of methoxy groups -OCH3 is 2. The zero-order chi connectivity index (χ0) is 12.2. The first-order valence-corrected chi connectivity index (χ1v) is 5.90. The summed E-state index contributed by atoms with van der Waals surface area (Å²) in [5, 5.41) is 0. The molecule has 0 amide bonds. The van der Waals surface area contributed by atoms with Crippen LogP contribution in [0.5, 0.6) is 0 Å². The van der Waals surface area contributed by atoms with E-state index in [4.69, 9.17) is 9.47 Å². The monoisotopic (exact) mass is 231 g/mol. The van der Waals surface area contributed by atoms with Gasteiger partial charge in [-0.25, -0.2) is 0 Å². The molecule has 0 heterocycles. The van der Waals surface area contributed by atoms with Crippen molar-refractivity contribution in [3.63, 3.8) is 0 Å². The standard InChI is InChI=1S/C12H25NO3/c1-12(14)6-4-7-13(9-11-16-3)8-5-10-15-2/h4-11H2,1-3H3. The Labute approximate surface area is 98.9 Å². The van der Waals surface area contributed by atoms with Crippen molar-refractivity contribution in [2.75, 3.05) is 47.1 Å². The molecule has 0 unspecified atom stereocenters. The Hall–Kier alpha value is -0.450. The number of Topliss-reactive ketones (excluding diaryl/α,β-unsaturated/α-hetero) is 1. The van der Waals surface area contributed by atoms with Crippen molar-refractivity contribution in [2.45, 2.75) is 26.2 Å². The van der Waals surface area contributed by atoms with Crippen LogP contribution in [0, 0.1) is 0 Å². The van der Waals surface area contributed by atoms with E-state index in [0.717, 1.165) is 45.7 Å². The number of carbonyl (C=O) groups is 1. The summed E-state index contributed by atoms with van der Waals surface area (Å²) < 4.78 is 10.1. The van der Waals surface area contributed by atoms with Crippen molar-refractivity contribution < 1.29 is 14.3 Å². The molecule has 0 aliphatic carbocycles. The minimum atomic E-state index is 0.267. The zero-order valence-electron chi connectivity index (χ0n) is 10.8. The highest BCUT2D eigenvalue weighted by Crippen LogP contribution is 1.98. The summed E-state index contributed by atoms with van der Waals surface area (Å²) in [6.07, 6.45) is 2.64. The molecule has 96 valence electrons. The number of hydrogen-bond donors (Lipinski definition) is 0. The van der Waals surface area contributed by atoms with Crippen LogP contribution in [0.15, 0.2) is 0 Å². The summed E-state index contributed by atoms with van der Waals surface area (Å²) in [6.45, 7) is 6.08. The lowest BCUT2D eigenvalue weighted by Gasteiger charge is -2.21. The molecular weight excluding hydrogens is 206 g/mol. The first kappa shape index (κ1) is 15.6. The smallest absolute Gasteiger partial charge is 0.129 e. The van der Waals surface area contributed by atoms with E-state index in [0.29, 0.717) is 6.42 Å². The molecular formula is C12H25NO3. The van der Waals surface area contributed by atoms with E-state index >= 15 is 0 Å². The normalized spacial score (nSPS) is 11.0. The van der Waals surface area contributed by atoms with Crippen LogP contribution in [0.4, 0.5) is 0 Å². The molecule has 0 N–H and O–H groups in total. The largest absolute Gasteiger partial charge is 0.385 e. The van der Waals surface area contributed by atoms with Gasteiger partial charge < -0.3 is 19.2 Å². The fourth-order valence-electron chi connectivity index (χ4n) is 1.54. The van der Waals surface area contributed by atoms with Gasteiger partial charge in [-0.1, -0.05) is 0 Å². The molecule has 0 aromatic heterocycles. The summed E-state index contributed by atoms with van der Waals surface area (Å²) in [5.74, 6) is 0.267. The average molecular weight is 231 g/mol. The van der Waals surface area contributed by atoms with Crippen LogP contribution in [-0.4, -0.2) is 57.8 Å². The third-order valence-electron chi connectivity index (χ3n) is 2.44. The van der Waals surface area contributed by atoms with Crippen molar-refractivity contribution >= 4 is 5.78 Å². The Balaban J connectivity index is 3.66. The number of rotatable bonds is 11. The molecule has 0 saturated heterocycles. The Kier molecular flexibility index (Phi) is 10.7. The molecule has 0 saturated carbocycles. The van der Waals surface area contributed by atoms with Crippen molar-refractivity contribution in [2.24, 2.45) is 0 Å². The summed E-state index contributed by atoms with van der Waals surface area (Å²) in [6, 6.07) is 0. The summed E-state index contributed by atoms with van der Waals surface area (Å²) in [4.78, 5) is 13.2. The van der Waals surface area contributed by atoms with E-state index in [9.17, 15) is 4.79 Å². The first-order chi connectivity index (χ1) is 7.70. The maximum atomic E-state index is 10.8. The Morgan fingerprint density at radius 2 is 1.62 bits per heavy atom. The van der Waals surface area contributed by atoms with Crippen LogP contribution in [0.1, 0.15) is 26.2 Å². The molecule has 0 radical (unpaired) electrons. The van der Waals surface area contributed by atoms with Gasteiger partial charge in [0.1, 0.15) is 5.78 Å². The Morgan fingerprint density at radius 1 is 1.00 bits per heavy atom. The minimum Gasteiger partial charge on any atom is -0.385 e. The van der Waals surface area contributed by atoms with Gasteiger partial charge in [-0.05, 0) is 26.3 Å². The first-order valence-electron chi connectivity index (χ1n) is 5.90. The van der Waals surface area contributed by atoms with Gasteiger partial charge in [0.25, 0.3) is 0 Å². The number of ketones is 1.